The van der Waals surface area contributed by atoms with Crippen molar-refractivity contribution in [3.63, 3.8) is 0 Å². The molecule has 0 radical (unpaired) electrons. The summed E-state index contributed by atoms with van der Waals surface area (Å²) >= 11 is 0. The van der Waals surface area contributed by atoms with Crippen LogP contribution in [0.5, 0.6) is 0 Å². The molecule has 2 aliphatic rings. The molecule has 0 aliphatic heterocycles. The van der Waals surface area contributed by atoms with Crippen LogP contribution in [0.1, 0.15) is 55.2 Å². The number of aromatic nitrogens is 4. The van der Waals surface area contributed by atoms with E-state index in [1.807, 2.05) is 28.8 Å². The van der Waals surface area contributed by atoms with E-state index in [1.54, 1.807) is 0 Å². The lowest BCUT2D eigenvalue weighted by atomic mass is 10.2. The van der Waals surface area contributed by atoms with E-state index < -0.39 is 0 Å². The summed E-state index contributed by atoms with van der Waals surface area (Å²) in [6.07, 6.45) is 5.69. The molecule has 0 spiro atoms. The highest BCUT2D eigenvalue weighted by atomic mass is 16.5. The zero-order valence-electron chi connectivity index (χ0n) is 13.3. The number of hydrogen-bond donors (Lipinski definition) is 0. The fraction of sp³-hybridized carbons (Fsp3) is 0.444. The molecule has 0 unspecified atom stereocenters. The first-order valence-electron chi connectivity index (χ1n) is 8.62. The Labute approximate surface area is 138 Å². The third-order valence-corrected chi connectivity index (χ3v) is 4.78. The minimum absolute atomic E-state index is 0.0716. The van der Waals surface area contributed by atoms with Gasteiger partial charge in [-0.25, -0.2) is 4.98 Å². The quantitative estimate of drug-likeness (QED) is 0.722. The van der Waals surface area contributed by atoms with Gasteiger partial charge < -0.3 is 4.52 Å². The third kappa shape index (κ3) is 2.42. The number of rotatable bonds is 5. The third-order valence-electron chi connectivity index (χ3n) is 4.78. The van der Waals surface area contributed by atoms with E-state index in [0.717, 1.165) is 42.8 Å². The van der Waals surface area contributed by atoms with Gasteiger partial charge in [0, 0.05) is 24.8 Å². The summed E-state index contributed by atoms with van der Waals surface area (Å²) in [6.45, 7) is 0. The topological polar surface area (TPSA) is 73.8 Å². The molecule has 5 rings (SSSR count). The van der Waals surface area contributed by atoms with Gasteiger partial charge >= 0.3 is 0 Å². The molecular formula is C18H18N4O2. The van der Waals surface area contributed by atoms with Crippen LogP contribution in [-0.4, -0.2) is 19.7 Å². The van der Waals surface area contributed by atoms with Crippen molar-refractivity contribution in [3.8, 4) is 0 Å². The lowest BCUT2D eigenvalue weighted by Gasteiger charge is -2.12. The van der Waals surface area contributed by atoms with Gasteiger partial charge in [-0.05, 0) is 37.8 Å². The van der Waals surface area contributed by atoms with Crippen LogP contribution in [0, 0.1) is 0 Å². The Balaban J connectivity index is 1.48. The number of aryl methyl sites for hydroxylation is 2. The molecule has 0 N–H and O–H groups in total. The van der Waals surface area contributed by atoms with Gasteiger partial charge in [-0.15, -0.1) is 0 Å². The van der Waals surface area contributed by atoms with Gasteiger partial charge in [0.2, 0.25) is 5.89 Å². The Morgan fingerprint density at radius 3 is 2.71 bits per heavy atom. The van der Waals surface area contributed by atoms with E-state index in [9.17, 15) is 4.79 Å². The SMILES string of the molecule is O=c1c2ccccc2nc(CCc2nc(C3CC3)no2)n1C1CC1. The lowest BCUT2D eigenvalue weighted by molar-refractivity contribution is 0.371. The highest BCUT2D eigenvalue weighted by molar-refractivity contribution is 5.77. The highest BCUT2D eigenvalue weighted by Crippen LogP contribution is 2.38. The fourth-order valence-electron chi connectivity index (χ4n) is 3.17. The van der Waals surface area contributed by atoms with E-state index in [2.05, 4.69) is 10.1 Å². The van der Waals surface area contributed by atoms with Crippen molar-refractivity contribution in [2.75, 3.05) is 0 Å². The first-order valence-corrected chi connectivity index (χ1v) is 8.62. The molecule has 0 amide bonds. The summed E-state index contributed by atoms with van der Waals surface area (Å²) < 4.78 is 7.22. The zero-order valence-corrected chi connectivity index (χ0v) is 13.3. The van der Waals surface area contributed by atoms with Crippen molar-refractivity contribution in [2.24, 2.45) is 0 Å². The summed E-state index contributed by atoms with van der Waals surface area (Å²) in [5.41, 5.74) is 0.834. The van der Waals surface area contributed by atoms with Crippen molar-refractivity contribution in [3.05, 3.63) is 52.2 Å². The number of fused-ring (bicyclic) bond motifs is 1. The maximum atomic E-state index is 12.8. The summed E-state index contributed by atoms with van der Waals surface area (Å²) in [6, 6.07) is 7.86. The monoisotopic (exact) mass is 322 g/mol. The smallest absolute Gasteiger partial charge is 0.261 e. The second-order valence-corrected chi connectivity index (χ2v) is 6.77. The van der Waals surface area contributed by atoms with Gasteiger partial charge in [0.25, 0.3) is 5.56 Å². The molecule has 0 bridgehead atoms. The van der Waals surface area contributed by atoms with E-state index in [1.165, 1.54) is 0 Å². The summed E-state index contributed by atoms with van der Waals surface area (Å²) in [5, 5.41) is 4.75. The molecule has 2 aliphatic carbocycles. The van der Waals surface area contributed by atoms with Crippen LogP contribution >= 0.6 is 0 Å². The molecule has 2 fully saturated rings. The van der Waals surface area contributed by atoms with Gasteiger partial charge in [-0.2, -0.15) is 4.98 Å². The van der Waals surface area contributed by atoms with Crippen molar-refractivity contribution in [2.45, 2.75) is 50.5 Å². The average Bonchev–Trinajstić information content (AvgIpc) is 3.53. The Morgan fingerprint density at radius 1 is 1.08 bits per heavy atom. The van der Waals surface area contributed by atoms with Crippen molar-refractivity contribution >= 4 is 10.9 Å². The summed E-state index contributed by atoms with van der Waals surface area (Å²) in [5.74, 6) is 2.79. The Bertz CT molecular complexity index is 967. The standard InChI is InChI=1S/C18H18N4O2/c23-18-13-3-1-2-4-14(13)19-15(22(18)12-7-8-12)9-10-16-20-17(21-24-16)11-5-6-11/h1-4,11-12H,5-10H2. The number of para-hydroxylation sites is 1. The van der Waals surface area contributed by atoms with Gasteiger partial charge in [-0.3, -0.25) is 9.36 Å². The van der Waals surface area contributed by atoms with E-state index in [-0.39, 0.29) is 5.56 Å². The highest BCUT2D eigenvalue weighted by Gasteiger charge is 2.30. The fourth-order valence-corrected chi connectivity index (χ4v) is 3.17. The van der Waals surface area contributed by atoms with Crippen molar-refractivity contribution < 1.29 is 4.52 Å². The number of hydrogen-bond acceptors (Lipinski definition) is 5. The number of nitrogens with zero attached hydrogens (tertiary/aromatic N) is 4. The summed E-state index contributed by atoms with van der Waals surface area (Å²) in [7, 11) is 0. The van der Waals surface area contributed by atoms with Crippen LogP contribution in [0.4, 0.5) is 0 Å². The maximum absolute atomic E-state index is 12.8. The van der Waals surface area contributed by atoms with Crippen LogP contribution < -0.4 is 5.56 Å². The first-order chi connectivity index (χ1) is 11.8. The lowest BCUT2D eigenvalue weighted by Crippen LogP contribution is -2.25. The molecule has 1 aromatic carbocycles. The number of benzene rings is 1. The molecule has 6 heteroatoms. The van der Waals surface area contributed by atoms with E-state index in [4.69, 9.17) is 9.51 Å². The second kappa shape index (κ2) is 5.26. The minimum atomic E-state index is 0.0716. The molecule has 0 atom stereocenters. The maximum Gasteiger partial charge on any atom is 0.261 e. The largest absolute Gasteiger partial charge is 0.339 e. The summed E-state index contributed by atoms with van der Waals surface area (Å²) in [4.78, 5) is 22.0. The van der Waals surface area contributed by atoms with Crippen LogP contribution in [0.15, 0.2) is 33.6 Å². The predicted molar refractivity (Wildman–Crippen MR) is 88.0 cm³/mol. The second-order valence-electron chi connectivity index (χ2n) is 6.77. The van der Waals surface area contributed by atoms with Crippen molar-refractivity contribution in [1.82, 2.24) is 19.7 Å². The Kier molecular flexibility index (Phi) is 3.04. The minimum Gasteiger partial charge on any atom is -0.339 e. The molecule has 6 nitrogen and oxygen atoms in total. The van der Waals surface area contributed by atoms with Gasteiger partial charge in [0.05, 0.1) is 10.9 Å². The Morgan fingerprint density at radius 2 is 1.92 bits per heavy atom. The molecule has 0 saturated heterocycles. The van der Waals surface area contributed by atoms with Gasteiger partial charge in [0.1, 0.15) is 5.82 Å². The van der Waals surface area contributed by atoms with Gasteiger partial charge in [-0.1, -0.05) is 17.3 Å². The van der Waals surface area contributed by atoms with E-state index in [0.29, 0.717) is 36.1 Å². The normalized spacial score (nSPS) is 17.5. The van der Waals surface area contributed by atoms with Crippen LogP contribution in [0.2, 0.25) is 0 Å². The average molecular weight is 322 g/mol. The van der Waals surface area contributed by atoms with Crippen LogP contribution in [0.3, 0.4) is 0 Å². The molecule has 2 heterocycles. The molecule has 3 aromatic rings. The Hall–Kier alpha value is -2.50. The zero-order chi connectivity index (χ0) is 16.1. The van der Waals surface area contributed by atoms with Crippen molar-refractivity contribution in [1.29, 1.82) is 0 Å². The molecule has 2 aromatic heterocycles. The first kappa shape index (κ1) is 13.9. The molecule has 122 valence electrons. The van der Waals surface area contributed by atoms with Crippen LogP contribution in [-0.2, 0) is 12.8 Å². The van der Waals surface area contributed by atoms with E-state index >= 15 is 0 Å². The van der Waals surface area contributed by atoms with Gasteiger partial charge in [0.15, 0.2) is 5.82 Å². The molecular weight excluding hydrogens is 304 g/mol. The molecule has 2 saturated carbocycles. The molecule has 24 heavy (non-hydrogen) atoms. The van der Waals surface area contributed by atoms with Crippen LogP contribution in [0.25, 0.3) is 10.9 Å². The predicted octanol–water partition coefficient (Wildman–Crippen LogP) is 2.78.